The first kappa shape index (κ1) is 31.6. The number of esters is 1. The van der Waals surface area contributed by atoms with Crippen LogP contribution < -0.4 is 4.90 Å². The molecule has 0 spiro atoms. The van der Waals surface area contributed by atoms with Crippen LogP contribution in [0.4, 0.5) is 10.5 Å². The summed E-state index contributed by atoms with van der Waals surface area (Å²) >= 11 is 0. The van der Waals surface area contributed by atoms with Crippen molar-refractivity contribution >= 4 is 29.6 Å². The molecule has 2 aliphatic rings. The molecular weight excluding hydrogens is 510 g/mol. The van der Waals surface area contributed by atoms with Gasteiger partial charge in [-0.05, 0) is 85.1 Å². The minimum atomic E-state index is -0.745. The largest absolute Gasteiger partial charge is 0.458 e. The predicted molar refractivity (Wildman–Crippen MR) is 155 cm³/mol. The number of rotatable bonds is 3. The second kappa shape index (κ2) is 12.3. The second-order valence-electron chi connectivity index (χ2n) is 12.5. The van der Waals surface area contributed by atoms with Crippen LogP contribution in [0.1, 0.15) is 90.2 Å². The van der Waals surface area contributed by atoms with Crippen molar-refractivity contribution in [2.45, 2.75) is 105 Å². The molecule has 0 aromatic heterocycles. The van der Waals surface area contributed by atoms with E-state index in [1.165, 1.54) is 11.8 Å². The molecule has 0 N–H and O–H groups in total. The Morgan fingerprint density at radius 2 is 1.73 bits per heavy atom. The summed E-state index contributed by atoms with van der Waals surface area (Å²) in [7, 11) is 0. The highest BCUT2D eigenvalue weighted by Crippen LogP contribution is 2.35. The molecule has 1 amide bonds. The number of ether oxygens (including phenoxy) is 4. The Kier molecular flexibility index (Phi) is 9.68. The molecule has 40 heavy (non-hydrogen) atoms. The lowest BCUT2D eigenvalue weighted by molar-refractivity contribution is -0.148. The minimum absolute atomic E-state index is 0.0279. The van der Waals surface area contributed by atoms with Gasteiger partial charge in [0.15, 0.2) is 5.79 Å². The molecular formula is C32H45NO7. The number of hydrogen-bond donors (Lipinski definition) is 0. The first-order valence-corrected chi connectivity index (χ1v) is 14.0. The van der Waals surface area contributed by atoms with Crippen molar-refractivity contribution in [3.05, 3.63) is 47.1 Å². The van der Waals surface area contributed by atoms with Gasteiger partial charge >= 0.3 is 12.1 Å². The normalized spacial score (nSPS) is 28.4. The molecule has 2 aliphatic heterocycles. The number of fused-ring (bicyclic) bond motifs is 2. The fourth-order valence-electron chi connectivity index (χ4n) is 4.93. The van der Waals surface area contributed by atoms with Gasteiger partial charge < -0.3 is 18.9 Å². The second-order valence-corrected chi connectivity index (χ2v) is 12.5. The molecule has 5 atom stereocenters. The number of amides is 1. The van der Waals surface area contributed by atoms with Crippen LogP contribution in [0.15, 0.2) is 30.4 Å². The number of ketones is 1. The number of Topliss-reactive ketones (excluding diaryl/α,β-unsaturated/α-hetero) is 1. The van der Waals surface area contributed by atoms with Crippen molar-refractivity contribution in [3.63, 3.8) is 0 Å². The lowest BCUT2D eigenvalue weighted by atomic mass is 9.93. The van der Waals surface area contributed by atoms with Crippen LogP contribution >= 0.6 is 0 Å². The zero-order valence-corrected chi connectivity index (χ0v) is 25.6. The number of carbonyl (C=O) groups is 3. The van der Waals surface area contributed by atoms with Gasteiger partial charge in [-0.2, -0.15) is 0 Å². The third kappa shape index (κ3) is 8.04. The quantitative estimate of drug-likeness (QED) is 0.305. The number of benzene rings is 1. The van der Waals surface area contributed by atoms with Gasteiger partial charge in [0.1, 0.15) is 17.5 Å². The van der Waals surface area contributed by atoms with Crippen molar-refractivity contribution in [2.24, 2.45) is 11.8 Å². The molecule has 0 saturated carbocycles. The van der Waals surface area contributed by atoms with Crippen LogP contribution in [0.3, 0.4) is 0 Å². The predicted octanol–water partition coefficient (Wildman–Crippen LogP) is 6.64. The highest BCUT2D eigenvalue weighted by Gasteiger charge is 2.42. The Balaban J connectivity index is 2.10. The fourth-order valence-corrected chi connectivity index (χ4v) is 4.93. The topological polar surface area (TPSA) is 91.4 Å². The maximum Gasteiger partial charge on any atom is 0.415 e. The van der Waals surface area contributed by atoms with Crippen molar-refractivity contribution in [3.8, 4) is 0 Å². The molecule has 0 unspecified atom stereocenters. The van der Waals surface area contributed by atoms with Gasteiger partial charge in [-0.3, -0.25) is 9.69 Å². The van der Waals surface area contributed by atoms with Gasteiger partial charge in [0.05, 0.1) is 24.3 Å². The van der Waals surface area contributed by atoms with Crippen molar-refractivity contribution in [1.82, 2.24) is 0 Å². The molecule has 1 fully saturated rings. The standard InChI is InChI=1S/C32H45NO7/c1-19-14-15-20(2)28-26(38-32(9,10)39-28)13-11-12-24-17-25(16-21(3)27(24)29(35)37-23(19)5)33(18-22(4)34)30(36)40-31(6,7)8/h11-12,14-17,19-20,23,26,28H,13,18H2,1-10H3/b12-11+,15-14-/t19-,20-,23+,26+,28-/m1/s1. The van der Waals surface area contributed by atoms with Crippen LogP contribution in [0.5, 0.6) is 0 Å². The Bertz CT molecular complexity index is 1180. The summed E-state index contributed by atoms with van der Waals surface area (Å²) in [5, 5.41) is 0. The molecule has 2 heterocycles. The summed E-state index contributed by atoms with van der Waals surface area (Å²) < 4.78 is 24.0. The summed E-state index contributed by atoms with van der Waals surface area (Å²) in [5.41, 5.74) is 1.31. The molecule has 1 aromatic rings. The fraction of sp³-hybridized carbons (Fsp3) is 0.594. The zero-order chi connectivity index (χ0) is 30.0. The van der Waals surface area contributed by atoms with Crippen LogP contribution in [0, 0.1) is 18.8 Å². The molecule has 1 aromatic carbocycles. The van der Waals surface area contributed by atoms with Crippen LogP contribution in [0.2, 0.25) is 0 Å². The summed E-state index contributed by atoms with van der Waals surface area (Å²) in [6, 6.07) is 3.44. The van der Waals surface area contributed by atoms with E-state index >= 15 is 0 Å². The van der Waals surface area contributed by atoms with Crippen LogP contribution in [-0.2, 0) is 23.7 Å². The highest BCUT2D eigenvalue weighted by atomic mass is 16.8. The van der Waals surface area contributed by atoms with Crippen LogP contribution in [-0.4, -0.2) is 54.1 Å². The molecule has 220 valence electrons. The highest BCUT2D eigenvalue weighted by molar-refractivity contribution is 5.99. The van der Waals surface area contributed by atoms with E-state index < -0.39 is 23.5 Å². The zero-order valence-electron chi connectivity index (χ0n) is 25.6. The van der Waals surface area contributed by atoms with E-state index in [-0.39, 0.29) is 42.5 Å². The van der Waals surface area contributed by atoms with Crippen molar-refractivity contribution in [2.75, 3.05) is 11.4 Å². The van der Waals surface area contributed by atoms with E-state index in [9.17, 15) is 14.4 Å². The first-order valence-electron chi connectivity index (χ1n) is 14.0. The van der Waals surface area contributed by atoms with Gasteiger partial charge in [-0.1, -0.05) is 38.2 Å². The van der Waals surface area contributed by atoms with Crippen LogP contribution in [0.25, 0.3) is 6.08 Å². The van der Waals surface area contributed by atoms with Gasteiger partial charge in [0, 0.05) is 17.5 Å². The maximum absolute atomic E-state index is 13.5. The van der Waals surface area contributed by atoms with E-state index in [1.54, 1.807) is 39.8 Å². The molecule has 8 heteroatoms. The van der Waals surface area contributed by atoms with E-state index in [4.69, 9.17) is 18.9 Å². The SMILES string of the molecule is CC(=O)CN(C(=O)OC(C)(C)C)c1cc(C)c2c(c1)/C=C/C[C@@H]1OC(C)(C)O[C@@H]1[C@H](C)/C=C\[C@@H](C)[C@H](C)OC2=O. The number of cyclic esters (lactones) is 1. The van der Waals surface area contributed by atoms with E-state index in [0.29, 0.717) is 28.8 Å². The lowest BCUT2D eigenvalue weighted by Crippen LogP contribution is -2.39. The average molecular weight is 556 g/mol. The van der Waals surface area contributed by atoms with Gasteiger partial charge in [-0.15, -0.1) is 0 Å². The van der Waals surface area contributed by atoms with Gasteiger partial charge in [0.2, 0.25) is 0 Å². The number of nitrogens with zero attached hydrogens (tertiary/aromatic N) is 1. The Labute approximate surface area is 238 Å². The summed E-state index contributed by atoms with van der Waals surface area (Å²) in [6.07, 6.45) is 7.19. The number of aryl methyl sites for hydroxylation is 1. The Hall–Kier alpha value is -2.97. The lowest BCUT2D eigenvalue weighted by Gasteiger charge is -2.28. The molecule has 8 nitrogen and oxygen atoms in total. The van der Waals surface area contributed by atoms with E-state index in [2.05, 4.69) is 19.1 Å². The Morgan fingerprint density at radius 1 is 1.07 bits per heavy atom. The Morgan fingerprint density at radius 3 is 2.35 bits per heavy atom. The number of carbonyl (C=O) groups excluding carboxylic acids is 3. The molecule has 0 bridgehead atoms. The molecule has 0 aliphatic carbocycles. The average Bonchev–Trinajstić information content (AvgIpc) is 3.12. The summed E-state index contributed by atoms with van der Waals surface area (Å²) in [6.45, 7) is 18.2. The smallest absolute Gasteiger partial charge is 0.415 e. The third-order valence-electron chi connectivity index (χ3n) is 7.02. The molecule has 0 radical (unpaired) electrons. The number of hydrogen-bond acceptors (Lipinski definition) is 7. The minimum Gasteiger partial charge on any atom is -0.458 e. The monoisotopic (exact) mass is 555 g/mol. The molecule has 1 saturated heterocycles. The van der Waals surface area contributed by atoms with Crippen molar-refractivity contribution < 1.29 is 33.3 Å². The third-order valence-corrected chi connectivity index (χ3v) is 7.02. The molecule has 3 rings (SSSR count). The van der Waals surface area contributed by atoms with Crippen molar-refractivity contribution in [1.29, 1.82) is 0 Å². The number of anilines is 1. The van der Waals surface area contributed by atoms with Gasteiger partial charge in [-0.25, -0.2) is 9.59 Å². The first-order chi connectivity index (χ1) is 18.5. The van der Waals surface area contributed by atoms with Gasteiger partial charge in [0.25, 0.3) is 0 Å². The summed E-state index contributed by atoms with van der Waals surface area (Å²) in [4.78, 5) is 40.0. The van der Waals surface area contributed by atoms with E-state index in [1.807, 2.05) is 39.8 Å². The summed E-state index contributed by atoms with van der Waals surface area (Å²) in [5.74, 6) is -1.30. The maximum atomic E-state index is 13.5. The van der Waals surface area contributed by atoms with E-state index in [0.717, 1.165) is 0 Å².